The largest absolute Gasteiger partial charge is 0.352 e. The number of rotatable bonds is 5. The molecule has 4 amide bonds. The fourth-order valence-electron chi connectivity index (χ4n) is 4.19. The minimum Gasteiger partial charge on any atom is -0.352 e. The summed E-state index contributed by atoms with van der Waals surface area (Å²) in [7, 11) is 3.25. The standard InChI is InChI=1S/C22H20B2ClF2N3O4/c23-15-8-16(19(32)29-18(15)31)30-9-11-7-10(1-6-14(11)20(30)33)17(24)28-21(34)22(26,27)12-2-4-13(25)5-3-12/h1-7,15-17H,8-9,23-24H2,(H,28,34)(H,29,31,32). The molecule has 0 aliphatic carbocycles. The number of amides is 4. The molecule has 3 unspecified atom stereocenters. The van der Waals surface area contributed by atoms with E-state index >= 15 is 0 Å². The first-order valence-corrected chi connectivity index (χ1v) is 11.1. The second kappa shape index (κ2) is 8.87. The van der Waals surface area contributed by atoms with E-state index in [9.17, 15) is 28.0 Å². The lowest BCUT2D eigenvalue weighted by Gasteiger charge is -2.32. The molecule has 0 radical (unpaired) electrons. The monoisotopic (exact) mass is 485 g/mol. The molecule has 0 aromatic heterocycles. The molecule has 2 N–H and O–H groups in total. The maximum atomic E-state index is 14.6. The predicted octanol–water partition coefficient (Wildman–Crippen LogP) is 0.672. The Morgan fingerprint density at radius 2 is 1.82 bits per heavy atom. The van der Waals surface area contributed by atoms with Gasteiger partial charge in [-0.05, 0) is 35.7 Å². The van der Waals surface area contributed by atoms with Crippen LogP contribution < -0.4 is 10.6 Å². The second-order valence-corrected chi connectivity index (χ2v) is 9.07. The Kier molecular flexibility index (Phi) is 6.24. The summed E-state index contributed by atoms with van der Waals surface area (Å²) in [6.45, 7) is 0.141. The van der Waals surface area contributed by atoms with Gasteiger partial charge in [-0.2, -0.15) is 8.78 Å². The lowest BCUT2D eigenvalue weighted by Crippen LogP contribution is -2.54. The van der Waals surface area contributed by atoms with Crippen molar-refractivity contribution in [1.82, 2.24) is 15.5 Å². The third-order valence-electron chi connectivity index (χ3n) is 6.25. The first-order valence-electron chi connectivity index (χ1n) is 10.7. The SMILES string of the molecule is BC1CC(N2Cc3cc(C(B)NC(=O)C(F)(F)c4ccc(Cl)cc4)ccc3C2=O)C(=O)NC1=O. The average molecular weight is 485 g/mol. The van der Waals surface area contributed by atoms with E-state index in [0.717, 1.165) is 12.1 Å². The van der Waals surface area contributed by atoms with Gasteiger partial charge in [-0.1, -0.05) is 35.9 Å². The normalized spacial score (nSPS) is 21.1. The van der Waals surface area contributed by atoms with Crippen LogP contribution >= 0.6 is 11.6 Å². The van der Waals surface area contributed by atoms with Gasteiger partial charge in [0, 0.05) is 34.5 Å². The number of carbonyl (C=O) groups is 4. The number of benzene rings is 2. The van der Waals surface area contributed by atoms with Gasteiger partial charge in [-0.3, -0.25) is 24.5 Å². The van der Waals surface area contributed by atoms with Crippen LogP contribution in [-0.2, 0) is 26.9 Å². The Morgan fingerprint density at radius 3 is 2.50 bits per heavy atom. The van der Waals surface area contributed by atoms with E-state index < -0.39 is 41.1 Å². The van der Waals surface area contributed by atoms with Crippen molar-refractivity contribution in [3.63, 3.8) is 0 Å². The third-order valence-corrected chi connectivity index (χ3v) is 6.50. The first-order chi connectivity index (χ1) is 16.0. The van der Waals surface area contributed by atoms with E-state index in [0.29, 0.717) is 16.7 Å². The average Bonchev–Trinajstić information content (AvgIpc) is 3.12. The van der Waals surface area contributed by atoms with Gasteiger partial charge in [-0.25, -0.2) is 0 Å². The van der Waals surface area contributed by atoms with E-state index in [1.807, 2.05) is 0 Å². The maximum absolute atomic E-state index is 14.6. The number of nitrogens with one attached hydrogen (secondary N) is 2. The van der Waals surface area contributed by atoms with Crippen molar-refractivity contribution in [3.05, 3.63) is 69.7 Å². The van der Waals surface area contributed by atoms with E-state index in [4.69, 9.17) is 11.6 Å². The van der Waals surface area contributed by atoms with Gasteiger partial charge in [0.05, 0.1) is 0 Å². The zero-order valence-electron chi connectivity index (χ0n) is 18.4. The van der Waals surface area contributed by atoms with Crippen molar-refractivity contribution in [3.8, 4) is 0 Å². The Bertz CT molecular complexity index is 1200. The van der Waals surface area contributed by atoms with Crippen molar-refractivity contribution in [2.45, 2.75) is 36.7 Å². The van der Waals surface area contributed by atoms with E-state index in [1.54, 1.807) is 33.9 Å². The number of fused-ring (bicyclic) bond motifs is 1. The van der Waals surface area contributed by atoms with E-state index in [2.05, 4.69) is 10.6 Å². The molecule has 0 bridgehead atoms. The van der Waals surface area contributed by atoms with Gasteiger partial charge in [0.1, 0.15) is 21.7 Å². The van der Waals surface area contributed by atoms with Gasteiger partial charge >= 0.3 is 5.92 Å². The summed E-state index contributed by atoms with van der Waals surface area (Å²) in [5, 5.41) is 4.89. The fraction of sp³-hybridized carbons (Fsp3) is 0.273. The third kappa shape index (κ3) is 4.32. The van der Waals surface area contributed by atoms with Gasteiger partial charge in [0.25, 0.3) is 11.8 Å². The summed E-state index contributed by atoms with van der Waals surface area (Å²) in [5.41, 5.74) is 1.07. The molecule has 4 rings (SSSR count). The number of alkyl halides is 2. The van der Waals surface area contributed by atoms with Gasteiger partial charge in [0.2, 0.25) is 11.8 Å². The summed E-state index contributed by atoms with van der Waals surface area (Å²) < 4.78 is 29.2. The minimum absolute atomic E-state index is 0.141. The first kappa shape index (κ1) is 23.9. The molecule has 2 aromatic rings. The molecule has 0 saturated carbocycles. The summed E-state index contributed by atoms with van der Waals surface area (Å²) in [5.74, 6) is -7.62. The van der Waals surface area contributed by atoms with Crippen molar-refractivity contribution in [2.24, 2.45) is 0 Å². The summed E-state index contributed by atoms with van der Waals surface area (Å²) in [6, 6.07) is 8.79. The molecule has 0 spiro atoms. The van der Waals surface area contributed by atoms with Crippen LogP contribution in [0.3, 0.4) is 0 Å². The zero-order valence-corrected chi connectivity index (χ0v) is 19.2. The molecule has 174 valence electrons. The zero-order chi connectivity index (χ0) is 24.8. The minimum atomic E-state index is -3.76. The van der Waals surface area contributed by atoms with Crippen molar-refractivity contribution in [1.29, 1.82) is 0 Å². The van der Waals surface area contributed by atoms with Crippen LogP contribution in [0.1, 0.15) is 39.4 Å². The Labute approximate surface area is 201 Å². The number of piperidine rings is 1. The highest BCUT2D eigenvalue weighted by Crippen LogP contribution is 2.32. The van der Waals surface area contributed by atoms with Crippen LogP contribution in [-0.4, -0.2) is 50.3 Å². The van der Waals surface area contributed by atoms with Crippen LogP contribution in [0.15, 0.2) is 42.5 Å². The lowest BCUT2D eigenvalue weighted by atomic mass is 9.78. The number of carbonyl (C=O) groups excluding carboxylic acids is 4. The number of hydrogen-bond donors (Lipinski definition) is 2. The maximum Gasteiger partial charge on any atom is 0.349 e. The molecule has 7 nitrogen and oxygen atoms in total. The molecule has 2 heterocycles. The molecule has 34 heavy (non-hydrogen) atoms. The predicted molar refractivity (Wildman–Crippen MR) is 125 cm³/mol. The molecule has 2 aromatic carbocycles. The molecule has 12 heteroatoms. The van der Waals surface area contributed by atoms with Gasteiger partial charge in [0.15, 0.2) is 0 Å². The van der Waals surface area contributed by atoms with Crippen LogP contribution in [0.25, 0.3) is 0 Å². The molecule has 2 aliphatic heterocycles. The molecular formula is C22H20B2ClF2N3O4. The topological polar surface area (TPSA) is 95.6 Å². The van der Waals surface area contributed by atoms with E-state index in [1.165, 1.54) is 17.0 Å². The quantitative estimate of drug-likeness (QED) is 0.481. The van der Waals surface area contributed by atoms with E-state index in [-0.39, 0.29) is 29.8 Å². The van der Waals surface area contributed by atoms with Crippen molar-refractivity contribution in [2.75, 3.05) is 0 Å². The van der Waals surface area contributed by atoms with Crippen molar-refractivity contribution >= 4 is 50.9 Å². The Balaban J connectivity index is 1.49. The molecule has 3 atom stereocenters. The highest BCUT2D eigenvalue weighted by atomic mass is 35.5. The highest BCUT2D eigenvalue weighted by molar-refractivity contribution is 6.30. The lowest BCUT2D eigenvalue weighted by molar-refractivity contribution is -0.147. The summed E-state index contributed by atoms with van der Waals surface area (Å²) in [4.78, 5) is 50.7. The second-order valence-electron chi connectivity index (χ2n) is 8.63. The van der Waals surface area contributed by atoms with Crippen LogP contribution in [0.4, 0.5) is 8.78 Å². The highest BCUT2D eigenvalue weighted by Gasteiger charge is 2.43. The van der Waals surface area contributed by atoms with Crippen LogP contribution in [0.5, 0.6) is 0 Å². The molecule has 1 fully saturated rings. The number of halogens is 3. The summed E-state index contributed by atoms with van der Waals surface area (Å²) >= 11 is 5.73. The number of nitrogens with zero attached hydrogens (tertiary/aromatic N) is 1. The Hall–Kier alpha value is -3.20. The number of hydrogen-bond acceptors (Lipinski definition) is 4. The summed E-state index contributed by atoms with van der Waals surface area (Å²) in [6.07, 6.45) is 0.226. The molecular weight excluding hydrogens is 465 g/mol. The van der Waals surface area contributed by atoms with Crippen LogP contribution in [0.2, 0.25) is 10.8 Å². The van der Waals surface area contributed by atoms with Gasteiger partial charge in [-0.15, -0.1) is 0 Å². The molecule has 1 saturated heterocycles. The smallest absolute Gasteiger partial charge is 0.349 e. The van der Waals surface area contributed by atoms with Crippen LogP contribution in [0, 0.1) is 0 Å². The Morgan fingerprint density at radius 1 is 1.15 bits per heavy atom. The number of imide groups is 1. The van der Waals surface area contributed by atoms with Crippen molar-refractivity contribution < 1.29 is 28.0 Å². The van der Waals surface area contributed by atoms with Gasteiger partial charge < -0.3 is 10.2 Å². The molecule has 2 aliphatic rings. The fourth-order valence-corrected chi connectivity index (χ4v) is 4.32.